The maximum absolute atomic E-state index is 11.5. The van der Waals surface area contributed by atoms with Gasteiger partial charge in [-0.05, 0) is 30.0 Å². The lowest BCUT2D eigenvalue weighted by atomic mass is 9.90. The van der Waals surface area contributed by atoms with E-state index in [1.54, 1.807) is 6.07 Å². The molecule has 108 valence electrons. The van der Waals surface area contributed by atoms with Crippen LogP contribution in [0.25, 0.3) is 0 Å². The first-order valence-electron chi connectivity index (χ1n) is 6.77. The molecule has 2 N–H and O–H groups in total. The minimum atomic E-state index is -1.21. The van der Waals surface area contributed by atoms with Gasteiger partial charge in [-0.3, -0.25) is 0 Å². The Balaban J connectivity index is 2.49. The van der Waals surface area contributed by atoms with E-state index < -0.39 is 11.9 Å². The Kier molecular flexibility index (Phi) is 4.39. The molecule has 1 aromatic carbocycles. The first-order valence-corrected chi connectivity index (χ1v) is 6.77. The van der Waals surface area contributed by atoms with Crippen molar-refractivity contribution >= 4 is 11.9 Å². The average Bonchev–Trinajstić information content (AvgIpc) is 3.20. The van der Waals surface area contributed by atoms with Gasteiger partial charge in [0, 0.05) is 6.42 Å². The molecule has 5 heteroatoms. The van der Waals surface area contributed by atoms with Gasteiger partial charge in [0.05, 0.1) is 23.8 Å². The first-order chi connectivity index (χ1) is 9.54. The van der Waals surface area contributed by atoms with Crippen molar-refractivity contribution in [2.24, 2.45) is 0 Å². The molecule has 0 aromatic heterocycles. The van der Waals surface area contributed by atoms with Gasteiger partial charge in [0.2, 0.25) is 0 Å². The van der Waals surface area contributed by atoms with E-state index >= 15 is 0 Å². The number of unbranched alkanes of at least 4 members (excludes halogenated alkanes) is 1. The fourth-order valence-corrected chi connectivity index (χ4v) is 2.36. The number of aryl methyl sites for hydroxylation is 1. The Morgan fingerprint density at radius 2 is 2.00 bits per heavy atom. The number of rotatable bonds is 7. The van der Waals surface area contributed by atoms with Crippen LogP contribution in [-0.4, -0.2) is 34.9 Å². The molecule has 1 fully saturated rings. The van der Waals surface area contributed by atoms with Crippen LogP contribution in [0.15, 0.2) is 12.1 Å². The van der Waals surface area contributed by atoms with Crippen molar-refractivity contribution in [1.29, 1.82) is 0 Å². The summed E-state index contributed by atoms with van der Waals surface area (Å²) >= 11 is 0. The van der Waals surface area contributed by atoms with Crippen LogP contribution in [0.2, 0.25) is 0 Å². The van der Waals surface area contributed by atoms with Crippen molar-refractivity contribution in [3.63, 3.8) is 0 Å². The molecule has 1 aliphatic heterocycles. The van der Waals surface area contributed by atoms with E-state index in [1.807, 2.05) is 0 Å². The number of ether oxygens (including phenoxy) is 1. The van der Waals surface area contributed by atoms with Crippen molar-refractivity contribution in [2.45, 2.75) is 38.7 Å². The lowest BCUT2D eigenvalue weighted by Crippen LogP contribution is -2.15. The maximum Gasteiger partial charge on any atom is 0.336 e. The normalized spacial score (nSPS) is 16.9. The number of hydrogen-bond acceptors (Lipinski definition) is 3. The van der Waals surface area contributed by atoms with Gasteiger partial charge < -0.3 is 14.9 Å². The van der Waals surface area contributed by atoms with Crippen molar-refractivity contribution in [3.8, 4) is 0 Å². The smallest absolute Gasteiger partial charge is 0.336 e. The highest BCUT2D eigenvalue weighted by Crippen LogP contribution is 2.26. The summed E-state index contributed by atoms with van der Waals surface area (Å²) in [5, 5.41) is 18.5. The third-order valence-electron chi connectivity index (χ3n) is 3.49. The predicted molar refractivity (Wildman–Crippen MR) is 72.4 cm³/mol. The van der Waals surface area contributed by atoms with Crippen LogP contribution in [0.4, 0.5) is 0 Å². The summed E-state index contributed by atoms with van der Waals surface area (Å²) in [6.45, 7) is 2.68. The van der Waals surface area contributed by atoms with Crippen LogP contribution in [0.1, 0.15) is 51.6 Å². The topological polar surface area (TPSA) is 87.1 Å². The molecule has 20 heavy (non-hydrogen) atoms. The molecule has 1 atom stereocenters. The zero-order chi connectivity index (χ0) is 14.7. The SMILES string of the molecule is CCCCc1ccc(C(=O)O)c(C(=O)O)c1CC1CO1. The molecular weight excluding hydrogens is 260 g/mol. The molecule has 0 spiro atoms. The molecule has 2 rings (SSSR count). The molecule has 5 nitrogen and oxygen atoms in total. The highest BCUT2D eigenvalue weighted by Gasteiger charge is 2.29. The number of carboxylic acid groups (broad SMARTS) is 2. The Morgan fingerprint density at radius 1 is 1.30 bits per heavy atom. The molecule has 0 bridgehead atoms. The predicted octanol–water partition coefficient (Wildman–Crippen LogP) is 2.37. The largest absolute Gasteiger partial charge is 0.478 e. The van der Waals surface area contributed by atoms with E-state index in [2.05, 4.69) is 6.92 Å². The third-order valence-corrected chi connectivity index (χ3v) is 3.49. The number of aromatic carboxylic acids is 2. The van der Waals surface area contributed by atoms with E-state index in [1.165, 1.54) is 6.07 Å². The monoisotopic (exact) mass is 278 g/mol. The summed E-state index contributed by atoms with van der Waals surface area (Å²) in [7, 11) is 0. The van der Waals surface area contributed by atoms with Gasteiger partial charge in [-0.25, -0.2) is 9.59 Å². The number of hydrogen-bond donors (Lipinski definition) is 2. The van der Waals surface area contributed by atoms with Crippen LogP contribution < -0.4 is 0 Å². The second-order valence-electron chi connectivity index (χ2n) is 5.00. The Hall–Kier alpha value is -1.88. The molecular formula is C15H18O5. The molecule has 0 saturated carbocycles. The summed E-state index contributed by atoms with van der Waals surface area (Å²) in [6.07, 6.45) is 3.21. The fraction of sp³-hybridized carbons (Fsp3) is 0.467. The fourth-order valence-electron chi connectivity index (χ4n) is 2.36. The molecule has 1 saturated heterocycles. The average molecular weight is 278 g/mol. The van der Waals surface area contributed by atoms with Crippen LogP contribution in [0.3, 0.4) is 0 Å². The quantitative estimate of drug-likeness (QED) is 0.748. The highest BCUT2D eigenvalue weighted by molar-refractivity contribution is 6.03. The van der Waals surface area contributed by atoms with Gasteiger partial charge >= 0.3 is 11.9 Å². The summed E-state index contributed by atoms with van der Waals surface area (Å²) < 4.78 is 5.17. The zero-order valence-corrected chi connectivity index (χ0v) is 11.4. The second-order valence-corrected chi connectivity index (χ2v) is 5.00. The van der Waals surface area contributed by atoms with Crippen molar-refractivity contribution in [1.82, 2.24) is 0 Å². The minimum absolute atomic E-state index is 0.0255. The molecule has 0 aliphatic carbocycles. The summed E-state index contributed by atoms with van der Waals surface area (Å²) in [5.74, 6) is -2.39. The zero-order valence-electron chi connectivity index (χ0n) is 11.4. The molecule has 0 radical (unpaired) electrons. The van der Waals surface area contributed by atoms with Crippen LogP contribution in [0.5, 0.6) is 0 Å². The number of epoxide rings is 1. The lowest BCUT2D eigenvalue weighted by molar-refractivity contribution is 0.0650. The Morgan fingerprint density at radius 3 is 2.50 bits per heavy atom. The Bertz CT molecular complexity index is 531. The number of benzene rings is 1. The number of carboxylic acids is 2. The van der Waals surface area contributed by atoms with Crippen LogP contribution in [-0.2, 0) is 17.6 Å². The van der Waals surface area contributed by atoms with Crippen LogP contribution >= 0.6 is 0 Å². The van der Waals surface area contributed by atoms with Gasteiger partial charge in [-0.15, -0.1) is 0 Å². The molecule has 1 aromatic rings. The van der Waals surface area contributed by atoms with Crippen LogP contribution in [0, 0.1) is 0 Å². The van der Waals surface area contributed by atoms with Gasteiger partial charge in [-0.2, -0.15) is 0 Å². The summed E-state index contributed by atoms with van der Waals surface area (Å²) in [5.41, 5.74) is 1.31. The lowest BCUT2D eigenvalue weighted by Gasteiger charge is -2.14. The second kappa shape index (κ2) is 6.05. The summed E-state index contributed by atoms with van der Waals surface area (Å²) in [4.78, 5) is 22.7. The van der Waals surface area contributed by atoms with E-state index in [0.29, 0.717) is 18.6 Å². The van der Waals surface area contributed by atoms with E-state index in [0.717, 1.165) is 24.8 Å². The summed E-state index contributed by atoms with van der Waals surface area (Å²) in [6, 6.07) is 3.14. The van der Waals surface area contributed by atoms with Gasteiger partial charge in [0.25, 0.3) is 0 Å². The van der Waals surface area contributed by atoms with E-state index in [9.17, 15) is 14.7 Å². The standard InChI is InChI=1S/C15H18O5/c1-2-3-4-9-5-6-11(14(16)17)13(15(18)19)12(9)7-10-8-20-10/h5-6,10H,2-4,7-8H2,1H3,(H,16,17)(H,18,19). The first kappa shape index (κ1) is 14.5. The van der Waals surface area contributed by atoms with Gasteiger partial charge in [0.15, 0.2) is 0 Å². The highest BCUT2D eigenvalue weighted by atomic mass is 16.6. The van der Waals surface area contributed by atoms with Gasteiger partial charge in [-0.1, -0.05) is 19.4 Å². The van der Waals surface area contributed by atoms with Crippen molar-refractivity contribution < 1.29 is 24.5 Å². The molecule has 1 aliphatic rings. The molecule has 1 unspecified atom stereocenters. The van der Waals surface area contributed by atoms with Crippen molar-refractivity contribution in [3.05, 3.63) is 34.4 Å². The van der Waals surface area contributed by atoms with E-state index in [-0.39, 0.29) is 17.2 Å². The molecule has 1 heterocycles. The minimum Gasteiger partial charge on any atom is -0.478 e. The maximum atomic E-state index is 11.5. The van der Waals surface area contributed by atoms with Gasteiger partial charge in [0.1, 0.15) is 0 Å². The molecule has 0 amide bonds. The van der Waals surface area contributed by atoms with Crippen molar-refractivity contribution in [2.75, 3.05) is 6.61 Å². The third kappa shape index (κ3) is 3.17. The Labute approximate surface area is 117 Å². The number of carbonyl (C=O) groups is 2. The van der Waals surface area contributed by atoms with E-state index in [4.69, 9.17) is 9.84 Å².